The van der Waals surface area contributed by atoms with E-state index in [1.807, 2.05) is 49.4 Å². The van der Waals surface area contributed by atoms with E-state index in [9.17, 15) is 8.42 Å². The lowest BCUT2D eigenvalue weighted by molar-refractivity contribution is 0.575. The minimum atomic E-state index is -3.71. The van der Waals surface area contributed by atoms with Crippen LogP contribution in [0, 0.1) is 6.92 Å². The van der Waals surface area contributed by atoms with Crippen molar-refractivity contribution in [1.82, 2.24) is 9.55 Å². The van der Waals surface area contributed by atoms with E-state index >= 15 is 0 Å². The minimum Gasteiger partial charge on any atom is -0.310 e. The first kappa shape index (κ1) is 16.5. The summed E-state index contributed by atoms with van der Waals surface area (Å²) in [5.41, 5.74) is 3.66. The van der Waals surface area contributed by atoms with Crippen molar-refractivity contribution in [2.75, 3.05) is 0 Å². The van der Waals surface area contributed by atoms with Crippen LogP contribution in [0.15, 0.2) is 88.9 Å². The third-order valence-corrected chi connectivity index (χ3v) is 6.02. The maximum absolute atomic E-state index is 13.2. The van der Waals surface area contributed by atoms with E-state index in [2.05, 4.69) is 11.1 Å². The number of hydrogen-bond donors (Lipinski definition) is 0. The smallest absolute Gasteiger partial charge is 0.240 e. The molecule has 0 atom stereocenters. The lowest BCUT2D eigenvalue weighted by Crippen LogP contribution is -2.12. The highest BCUT2D eigenvalue weighted by molar-refractivity contribution is 7.91. The Morgan fingerprint density at radius 2 is 1.62 bits per heavy atom. The van der Waals surface area contributed by atoms with Crippen LogP contribution in [-0.2, 0) is 16.4 Å². The molecule has 0 N–H and O–H groups in total. The van der Waals surface area contributed by atoms with Gasteiger partial charge in [0.2, 0.25) is 15.0 Å². The van der Waals surface area contributed by atoms with Gasteiger partial charge in [0.15, 0.2) is 0 Å². The molecule has 0 unspecified atom stereocenters. The van der Waals surface area contributed by atoms with Crippen molar-refractivity contribution in [2.45, 2.75) is 23.5 Å². The Morgan fingerprint density at radius 1 is 0.885 bits per heavy atom. The first-order chi connectivity index (χ1) is 12.6. The van der Waals surface area contributed by atoms with E-state index < -0.39 is 9.84 Å². The van der Waals surface area contributed by atoms with E-state index in [0.29, 0.717) is 12.1 Å². The molecule has 0 saturated carbocycles. The fourth-order valence-corrected chi connectivity index (χ4v) is 4.51. The molecule has 26 heavy (non-hydrogen) atoms. The molecule has 1 aromatic heterocycles. The van der Waals surface area contributed by atoms with Gasteiger partial charge in [-0.15, -0.1) is 0 Å². The maximum atomic E-state index is 13.2. The molecule has 5 heteroatoms. The number of aromatic nitrogens is 2. The molecule has 4 aromatic rings. The molecule has 0 amide bonds. The average molecular weight is 362 g/mol. The van der Waals surface area contributed by atoms with Crippen molar-refractivity contribution in [3.63, 3.8) is 0 Å². The summed E-state index contributed by atoms with van der Waals surface area (Å²) < 4.78 is 28.2. The number of fused-ring (bicyclic) bond motifs is 1. The Morgan fingerprint density at radius 3 is 2.38 bits per heavy atom. The van der Waals surface area contributed by atoms with Gasteiger partial charge < -0.3 is 4.57 Å². The molecule has 0 spiro atoms. The van der Waals surface area contributed by atoms with Crippen LogP contribution >= 0.6 is 0 Å². The Labute approximate surface area is 152 Å². The zero-order valence-electron chi connectivity index (χ0n) is 14.3. The van der Waals surface area contributed by atoms with Crippen molar-refractivity contribution in [2.24, 2.45) is 0 Å². The summed E-state index contributed by atoms with van der Waals surface area (Å²) in [6.45, 7) is 2.47. The molecule has 4 nitrogen and oxygen atoms in total. The number of sulfone groups is 1. The number of rotatable bonds is 4. The quantitative estimate of drug-likeness (QED) is 0.546. The minimum absolute atomic E-state index is 0.0754. The third kappa shape index (κ3) is 2.91. The van der Waals surface area contributed by atoms with Crippen LogP contribution in [0.4, 0.5) is 0 Å². The maximum Gasteiger partial charge on any atom is 0.240 e. The Hall–Kier alpha value is -2.92. The zero-order chi connectivity index (χ0) is 18.1. The van der Waals surface area contributed by atoms with E-state index in [-0.39, 0.29) is 10.1 Å². The Bertz CT molecular complexity index is 1180. The molecular weight excluding hydrogens is 344 g/mol. The molecule has 4 rings (SSSR count). The topological polar surface area (TPSA) is 52.0 Å². The zero-order valence-corrected chi connectivity index (χ0v) is 15.1. The summed E-state index contributed by atoms with van der Waals surface area (Å²) >= 11 is 0. The van der Waals surface area contributed by atoms with E-state index in [4.69, 9.17) is 0 Å². The number of hydrogen-bond acceptors (Lipinski definition) is 3. The lowest BCUT2D eigenvalue weighted by Gasteiger charge is -2.10. The van der Waals surface area contributed by atoms with Crippen molar-refractivity contribution in [3.05, 3.63) is 90.0 Å². The number of benzene rings is 3. The summed E-state index contributed by atoms with van der Waals surface area (Å²) in [5, 5.41) is 0.0754. The molecule has 0 aliphatic heterocycles. The fraction of sp³-hybridized carbons (Fsp3) is 0.0952. The predicted octanol–water partition coefficient (Wildman–Crippen LogP) is 4.23. The number of para-hydroxylation sites is 2. The van der Waals surface area contributed by atoms with Gasteiger partial charge in [-0.05, 0) is 36.8 Å². The second-order valence-electron chi connectivity index (χ2n) is 6.27. The van der Waals surface area contributed by atoms with Crippen LogP contribution in [0.2, 0.25) is 0 Å². The highest BCUT2D eigenvalue weighted by Crippen LogP contribution is 2.26. The molecule has 0 radical (unpaired) electrons. The van der Waals surface area contributed by atoms with Crippen LogP contribution in [0.3, 0.4) is 0 Å². The Kier molecular flexibility index (Phi) is 4.09. The number of aryl methyl sites for hydroxylation is 1. The molecule has 0 aliphatic rings. The second kappa shape index (κ2) is 6.42. The average Bonchev–Trinajstić information content (AvgIpc) is 3.02. The molecular formula is C21H18N2O2S. The number of imidazole rings is 1. The third-order valence-electron chi connectivity index (χ3n) is 4.34. The number of nitrogens with zero attached hydrogens (tertiary/aromatic N) is 2. The largest absolute Gasteiger partial charge is 0.310 e. The van der Waals surface area contributed by atoms with Crippen LogP contribution in [-0.4, -0.2) is 18.0 Å². The highest BCUT2D eigenvalue weighted by Gasteiger charge is 2.25. The summed E-state index contributed by atoms with van der Waals surface area (Å²) in [5.74, 6) is 0. The van der Waals surface area contributed by atoms with Crippen LogP contribution in [0.1, 0.15) is 11.1 Å². The molecule has 0 saturated heterocycles. The van der Waals surface area contributed by atoms with Gasteiger partial charge in [-0.25, -0.2) is 13.4 Å². The summed E-state index contributed by atoms with van der Waals surface area (Å²) in [6.07, 6.45) is 0. The van der Waals surface area contributed by atoms with Gasteiger partial charge >= 0.3 is 0 Å². The van der Waals surface area contributed by atoms with Gasteiger partial charge in [0.1, 0.15) is 0 Å². The van der Waals surface area contributed by atoms with Crippen LogP contribution in [0.5, 0.6) is 0 Å². The summed E-state index contributed by atoms with van der Waals surface area (Å²) in [4.78, 5) is 4.71. The Balaban J connectivity index is 1.92. The summed E-state index contributed by atoms with van der Waals surface area (Å²) in [6, 6.07) is 24.0. The van der Waals surface area contributed by atoms with Gasteiger partial charge in [-0.2, -0.15) is 0 Å². The first-order valence-electron chi connectivity index (χ1n) is 8.37. The standard InChI is InChI=1S/C21H18N2O2S/c1-16-8-7-9-17(14-16)15-23-20-13-6-5-12-19(20)22-21(23)26(24,25)18-10-3-2-4-11-18/h2-14H,15H2,1H3. The van der Waals surface area contributed by atoms with Crippen LogP contribution in [0.25, 0.3) is 11.0 Å². The fourth-order valence-electron chi connectivity index (χ4n) is 3.11. The van der Waals surface area contributed by atoms with E-state index in [1.165, 1.54) is 0 Å². The first-order valence-corrected chi connectivity index (χ1v) is 9.85. The predicted molar refractivity (Wildman–Crippen MR) is 102 cm³/mol. The van der Waals surface area contributed by atoms with Crippen molar-refractivity contribution < 1.29 is 8.42 Å². The second-order valence-corrected chi connectivity index (χ2v) is 8.12. The molecule has 130 valence electrons. The molecule has 1 heterocycles. The van der Waals surface area contributed by atoms with Gasteiger partial charge in [0.05, 0.1) is 22.5 Å². The normalized spacial score (nSPS) is 11.7. The van der Waals surface area contributed by atoms with E-state index in [0.717, 1.165) is 16.6 Å². The van der Waals surface area contributed by atoms with Gasteiger partial charge in [0.25, 0.3) is 0 Å². The van der Waals surface area contributed by atoms with Crippen molar-refractivity contribution in [3.8, 4) is 0 Å². The van der Waals surface area contributed by atoms with Crippen molar-refractivity contribution in [1.29, 1.82) is 0 Å². The van der Waals surface area contributed by atoms with Gasteiger partial charge in [0, 0.05) is 0 Å². The SMILES string of the molecule is Cc1cccc(Cn2c(S(=O)(=O)c3ccccc3)nc3ccccc32)c1. The van der Waals surface area contributed by atoms with E-state index in [1.54, 1.807) is 34.9 Å². The monoisotopic (exact) mass is 362 g/mol. The van der Waals surface area contributed by atoms with Crippen molar-refractivity contribution >= 4 is 20.9 Å². The van der Waals surface area contributed by atoms with Gasteiger partial charge in [-0.3, -0.25) is 0 Å². The summed E-state index contributed by atoms with van der Waals surface area (Å²) in [7, 11) is -3.71. The van der Waals surface area contributed by atoms with Gasteiger partial charge in [-0.1, -0.05) is 60.2 Å². The molecule has 0 fully saturated rings. The lowest BCUT2D eigenvalue weighted by atomic mass is 10.1. The van der Waals surface area contributed by atoms with Crippen LogP contribution < -0.4 is 0 Å². The molecule has 0 bridgehead atoms. The molecule has 0 aliphatic carbocycles. The molecule has 3 aromatic carbocycles. The highest BCUT2D eigenvalue weighted by atomic mass is 32.2.